The molecule has 0 spiro atoms. The molecule has 0 radical (unpaired) electrons. The highest BCUT2D eigenvalue weighted by Gasteiger charge is 2.21. The van der Waals surface area contributed by atoms with E-state index in [2.05, 4.69) is 25.3 Å². The van der Waals surface area contributed by atoms with E-state index in [4.69, 9.17) is 0 Å². The van der Waals surface area contributed by atoms with Gasteiger partial charge in [0.05, 0.1) is 23.4 Å². The van der Waals surface area contributed by atoms with Crippen molar-refractivity contribution in [2.45, 2.75) is 33.7 Å². The molecule has 3 heterocycles. The summed E-state index contributed by atoms with van der Waals surface area (Å²) in [6.45, 7) is 7.55. The Hall–Kier alpha value is -4.07. The first-order valence-electron chi connectivity index (χ1n) is 10.7. The molecule has 0 unspecified atom stereocenters. The van der Waals surface area contributed by atoms with Gasteiger partial charge in [0, 0.05) is 5.69 Å². The number of anilines is 1. The van der Waals surface area contributed by atoms with Gasteiger partial charge in [-0.15, -0.1) is 0 Å². The highest BCUT2D eigenvalue weighted by Crippen LogP contribution is 2.29. The van der Waals surface area contributed by atoms with Crippen LogP contribution in [-0.4, -0.2) is 24.5 Å². The SMILES string of the molecule is Cc1cccc(C)c1-n1c([C@H](C)Nc2ncnc3nc[nH]c23)cc2ccc(F)c(C)c2c1=O. The van der Waals surface area contributed by atoms with Crippen LogP contribution in [0.15, 0.2) is 53.8 Å². The minimum atomic E-state index is -0.394. The fraction of sp³-hybridized carbons (Fsp3) is 0.200. The third-order valence-corrected chi connectivity index (χ3v) is 6.09. The van der Waals surface area contributed by atoms with Gasteiger partial charge in [-0.1, -0.05) is 24.3 Å². The molecule has 0 amide bonds. The second-order valence-corrected chi connectivity index (χ2v) is 8.28. The first-order valence-corrected chi connectivity index (χ1v) is 10.7. The van der Waals surface area contributed by atoms with Crippen LogP contribution >= 0.6 is 0 Å². The molecule has 3 aromatic heterocycles. The highest BCUT2D eigenvalue weighted by atomic mass is 19.1. The van der Waals surface area contributed by atoms with Crippen LogP contribution in [0.25, 0.3) is 27.6 Å². The normalized spacial score (nSPS) is 12.4. The van der Waals surface area contributed by atoms with Crippen molar-refractivity contribution in [3.8, 4) is 5.69 Å². The molecule has 0 fully saturated rings. The minimum absolute atomic E-state index is 0.250. The predicted octanol–water partition coefficient (Wildman–Crippen LogP) is 4.89. The van der Waals surface area contributed by atoms with E-state index in [1.165, 1.54) is 12.4 Å². The molecule has 5 aromatic rings. The number of H-pyrrole nitrogens is 1. The monoisotopic (exact) mass is 442 g/mol. The zero-order valence-electron chi connectivity index (χ0n) is 18.8. The van der Waals surface area contributed by atoms with Crippen molar-refractivity contribution in [3.05, 3.63) is 87.6 Å². The molecule has 166 valence electrons. The van der Waals surface area contributed by atoms with Gasteiger partial charge >= 0.3 is 0 Å². The highest BCUT2D eigenvalue weighted by molar-refractivity contribution is 5.86. The van der Waals surface area contributed by atoms with E-state index in [-0.39, 0.29) is 11.6 Å². The van der Waals surface area contributed by atoms with Gasteiger partial charge in [0.2, 0.25) is 0 Å². The van der Waals surface area contributed by atoms with Gasteiger partial charge in [0.15, 0.2) is 11.5 Å². The topological polar surface area (TPSA) is 88.5 Å². The maximum Gasteiger partial charge on any atom is 0.263 e. The molecule has 0 saturated heterocycles. The van der Waals surface area contributed by atoms with Crippen molar-refractivity contribution in [1.82, 2.24) is 24.5 Å². The molecular weight excluding hydrogens is 419 g/mol. The molecule has 0 aliphatic rings. The number of rotatable bonds is 4. The predicted molar refractivity (Wildman–Crippen MR) is 127 cm³/mol. The molecule has 1 atom stereocenters. The molecule has 2 aromatic carbocycles. The van der Waals surface area contributed by atoms with E-state index in [9.17, 15) is 9.18 Å². The van der Waals surface area contributed by atoms with E-state index in [1.807, 2.05) is 45.0 Å². The first-order chi connectivity index (χ1) is 15.9. The third kappa shape index (κ3) is 3.34. The number of nitrogens with zero attached hydrogens (tertiary/aromatic N) is 4. The second-order valence-electron chi connectivity index (χ2n) is 8.28. The van der Waals surface area contributed by atoms with Crippen molar-refractivity contribution < 1.29 is 4.39 Å². The summed E-state index contributed by atoms with van der Waals surface area (Å²) in [4.78, 5) is 29.6. The average molecular weight is 442 g/mol. The van der Waals surface area contributed by atoms with Crippen LogP contribution in [-0.2, 0) is 0 Å². The second kappa shape index (κ2) is 7.81. The van der Waals surface area contributed by atoms with Crippen molar-refractivity contribution in [2.24, 2.45) is 0 Å². The van der Waals surface area contributed by atoms with Gasteiger partial charge in [-0.2, -0.15) is 0 Å². The van der Waals surface area contributed by atoms with Crippen LogP contribution in [0.4, 0.5) is 10.2 Å². The van der Waals surface area contributed by atoms with Gasteiger partial charge in [-0.3, -0.25) is 9.36 Å². The van der Waals surface area contributed by atoms with Crippen molar-refractivity contribution in [3.63, 3.8) is 0 Å². The van der Waals surface area contributed by atoms with Gasteiger partial charge in [-0.25, -0.2) is 19.3 Å². The molecule has 5 rings (SSSR count). The number of aromatic amines is 1. The van der Waals surface area contributed by atoms with Gasteiger partial charge in [0.25, 0.3) is 5.56 Å². The van der Waals surface area contributed by atoms with Crippen LogP contribution in [0.2, 0.25) is 0 Å². The summed E-state index contributed by atoms with van der Waals surface area (Å²) < 4.78 is 16.1. The van der Waals surface area contributed by atoms with Gasteiger partial charge < -0.3 is 10.3 Å². The zero-order chi connectivity index (χ0) is 23.3. The van der Waals surface area contributed by atoms with Crippen LogP contribution in [0, 0.1) is 26.6 Å². The Bertz CT molecular complexity index is 1570. The summed E-state index contributed by atoms with van der Waals surface area (Å²) in [6.07, 6.45) is 3.01. The number of aryl methyl sites for hydroxylation is 3. The van der Waals surface area contributed by atoms with E-state index in [0.29, 0.717) is 33.3 Å². The van der Waals surface area contributed by atoms with Crippen molar-refractivity contribution in [2.75, 3.05) is 5.32 Å². The van der Waals surface area contributed by atoms with E-state index < -0.39 is 5.82 Å². The number of imidazole rings is 1. The van der Waals surface area contributed by atoms with Crippen molar-refractivity contribution in [1.29, 1.82) is 0 Å². The summed E-state index contributed by atoms with van der Waals surface area (Å²) in [5.74, 6) is 0.190. The summed E-state index contributed by atoms with van der Waals surface area (Å²) >= 11 is 0. The first kappa shape index (κ1) is 20.8. The summed E-state index contributed by atoms with van der Waals surface area (Å²) in [7, 11) is 0. The van der Waals surface area contributed by atoms with E-state index >= 15 is 0 Å². The van der Waals surface area contributed by atoms with Crippen LogP contribution in [0.1, 0.15) is 35.3 Å². The van der Waals surface area contributed by atoms with Crippen LogP contribution in [0.3, 0.4) is 0 Å². The Morgan fingerprint density at radius 3 is 2.58 bits per heavy atom. The third-order valence-electron chi connectivity index (χ3n) is 6.09. The Morgan fingerprint density at radius 2 is 1.82 bits per heavy atom. The number of para-hydroxylation sites is 1. The number of benzene rings is 2. The van der Waals surface area contributed by atoms with Gasteiger partial charge in [-0.05, 0) is 61.9 Å². The Morgan fingerprint density at radius 1 is 1.06 bits per heavy atom. The Kier molecular flexibility index (Phi) is 4.92. The lowest BCUT2D eigenvalue weighted by atomic mass is 10.0. The molecule has 0 bridgehead atoms. The molecule has 8 heteroatoms. The molecule has 33 heavy (non-hydrogen) atoms. The number of nitrogens with one attached hydrogen (secondary N) is 2. The average Bonchev–Trinajstić information content (AvgIpc) is 3.27. The fourth-order valence-electron chi connectivity index (χ4n) is 4.43. The molecule has 0 saturated carbocycles. The number of fused-ring (bicyclic) bond motifs is 2. The van der Waals surface area contributed by atoms with E-state index in [1.54, 1.807) is 23.9 Å². The minimum Gasteiger partial charge on any atom is -0.360 e. The molecule has 2 N–H and O–H groups in total. The van der Waals surface area contributed by atoms with Crippen LogP contribution in [0.5, 0.6) is 0 Å². The zero-order valence-corrected chi connectivity index (χ0v) is 18.8. The summed E-state index contributed by atoms with van der Waals surface area (Å²) in [6, 6.07) is 10.6. The quantitative estimate of drug-likeness (QED) is 0.414. The summed E-state index contributed by atoms with van der Waals surface area (Å²) in [5, 5.41) is 4.47. The number of pyridine rings is 1. The lowest BCUT2D eigenvalue weighted by Crippen LogP contribution is -2.27. The molecular formula is C25H23FN6O. The standard InChI is InChI=1S/C25H23FN6O/c1-13-6-5-7-14(2)22(13)32-19(10-17-8-9-18(26)15(3)20(17)25(32)33)16(4)31-24-21-23(28-11-27-21)29-12-30-24/h5-12,16H,1-4H3,(H2,27,28,29,30,31)/t16-/m0/s1. The Balaban J connectivity index is 1.78. The maximum atomic E-state index is 14.4. The fourth-order valence-corrected chi connectivity index (χ4v) is 4.43. The molecule has 7 nitrogen and oxygen atoms in total. The Labute approximate surface area is 189 Å². The lowest BCUT2D eigenvalue weighted by molar-refractivity contribution is 0.620. The number of halogens is 1. The molecule has 0 aliphatic heterocycles. The largest absolute Gasteiger partial charge is 0.360 e. The molecule has 0 aliphatic carbocycles. The van der Waals surface area contributed by atoms with Crippen molar-refractivity contribution >= 4 is 27.8 Å². The number of hydrogen-bond donors (Lipinski definition) is 2. The van der Waals surface area contributed by atoms with E-state index in [0.717, 1.165) is 22.5 Å². The van der Waals surface area contributed by atoms with Crippen LogP contribution < -0.4 is 10.9 Å². The lowest BCUT2D eigenvalue weighted by Gasteiger charge is -2.24. The number of aromatic nitrogens is 5. The van der Waals surface area contributed by atoms with Gasteiger partial charge in [0.1, 0.15) is 17.7 Å². The number of hydrogen-bond acceptors (Lipinski definition) is 5. The smallest absolute Gasteiger partial charge is 0.263 e. The summed E-state index contributed by atoms with van der Waals surface area (Å²) in [5.41, 5.74) is 4.78. The maximum absolute atomic E-state index is 14.4.